The SMILES string of the molecule is O=C(Nc1ccc(CN2C(=O)S/C(=C\c3cccc(O)c3O)C2=O)cc1)c1ccc(Oc2ccccc2)cc1. The molecule has 0 unspecified atom stereocenters. The third kappa shape index (κ3) is 5.94. The number of phenolic OH excluding ortho intramolecular Hbond substituents is 2. The molecule has 8 nitrogen and oxygen atoms in total. The van der Waals surface area contributed by atoms with Gasteiger partial charge in [-0.2, -0.15) is 0 Å². The number of carbonyl (C=O) groups excluding carboxylic acids is 3. The molecular weight excluding hydrogens is 516 g/mol. The van der Waals surface area contributed by atoms with Crippen molar-refractivity contribution < 1.29 is 29.3 Å². The molecule has 0 aromatic heterocycles. The first kappa shape index (κ1) is 25.6. The van der Waals surface area contributed by atoms with Crippen LogP contribution in [0.25, 0.3) is 6.08 Å². The van der Waals surface area contributed by atoms with Crippen molar-refractivity contribution in [2.45, 2.75) is 6.54 Å². The van der Waals surface area contributed by atoms with Crippen LogP contribution in [0.15, 0.2) is 102 Å². The van der Waals surface area contributed by atoms with Crippen molar-refractivity contribution in [1.29, 1.82) is 0 Å². The van der Waals surface area contributed by atoms with Crippen molar-refractivity contribution in [2.24, 2.45) is 0 Å². The zero-order valence-corrected chi connectivity index (χ0v) is 21.2. The highest BCUT2D eigenvalue weighted by atomic mass is 32.2. The maximum atomic E-state index is 12.8. The van der Waals surface area contributed by atoms with Crippen LogP contribution in [0.3, 0.4) is 0 Å². The van der Waals surface area contributed by atoms with Gasteiger partial charge in [0.05, 0.1) is 11.4 Å². The highest BCUT2D eigenvalue weighted by molar-refractivity contribution is 8.18. The number of hydrogen-bond acceptors (Lipinski definition) is 7. The van der Waals surface area contributed by atoms with E-state index in [4.69, 9.17) is 4.74 Å². The van der Waals surface area contributed by atoms with Crippen LogP contribution < -0.4 is 10.1 Å². The number of imide groups is 1. The number of nitrogens with one attached hydrogen (secondary N) is 1. The highest BCUT2D eigenvalue weighted by Crippen LogP contribution is 2.36. The standard InChI is InChI=1S/C30H22N2O6S/c33-25-8-4-5-21(27(25)34)17-26-29(36)32(30(37)39-26)18-19-9-13-22(14-10-19)31-28(35)20-11-15-24(16-12-20)38-23-6-2-1-3-7-23/h1-17,33-34H,18H2,(H,31,35)/b26-17-. The van der Waals surface area contributed by atoms with Gasteiger partial charge in [-0.15, -0.1) is 0 Å². The predicted octanol–water partition coefficient (Wildman–Crippen LogP) is 6.38. The van der Waals surface area contributed by atoms with Crippen molar-refractivity contribution in [3.05, 3.63) is 119 Å². The Morgan fingerprint density at radius 2 is 1.54 bits per heavy atom. The summed E-state index contributed by atoms with van der Waals surface area (Å²) in [7, 11) is 0. The lowest BCUT2D eigenvalue weighted by atomic mass is 10.1. The number of anilines is 1. The summed E-state index contributed by atoms with van der Waals surface area (Å²) in [5.41, 5.74) is 1.95. The van der Waals surface area contributed by atoms with Gasteiger partial charge in [-0.25, -0.2) is 0 Å². The smallest absolute Gasteiger partial charge is 0.293 e. The molecule has 1 saturated heterocycles. The fourth-order valence-electron chi connectivity index (χ4n) is 3.82. The van der Waals surface area contributed by atoms with Crippen LogP contribution in [0.2, 0.25) is 0 Å². The number of rotatable bonds is 7. The van der Waals surface area contributed by atoms with E-state index in [0.29, 0.717) is 28.3 Å². The van der Waals surface area contributed by atoms with Crippen LogP contribution >= 0.6 is 11.8 Å². The number of phenols is 2. The Kier molecular flexibility index (Phi) is 7.33. The Morgan fingerprint density at radius 3 is 2.26 bits per heavy atom. The molecule has 0 saturated carbocycles. The molecule has 9 heteroatoms. The van der Waals surface area contributed by atoms with Crippen molar-refractivity contribution >= 4 is 40.6 Å². The van der Waals surface area contributed by atoms with Crippen LogP contribution in [0.1, 0.15) is 21.5 Å². The minimum absolute atomic E-state index is 0.0468. The first-order valence-electron chi connectivity index (χ1n) is 11.9. The van der Waals surface area contributed by atoms with E-state index < -0.39 is 11.1 Å². The number of ether oxygens (including phenoxy) is 1. The number of nitrogens with zero attached hydrogens (tertiary/aromatic N) is 1. The molecule has 1 heterocycles. The van der Waals surface area contributed by atoms with E-state index in [0.717, 1.165) is 16.7 Å². The van der Waals surface area contributed by atoms with Crippen molar-refractivity contribution in [2.75, 3.05) is 5.32 Å². The molecule has 0 radical (unpaired) electrons. The summed E-state index contributed by atoms with van der Waals surface area (Å²) in [6.07, 6.45) is 1.37. The molecule has 1 aliphatic heterocycles. The zero-order valence-electron chi connectivity index (χ0n) is 20.4. The summed E-state index contributed by atoms with van der Waals surface area (Å²) in [5, 5.41) is 22.0. The van der Waals surface area contributed by atoms with Crippen LogP contribution in [0.5, 0.6) is 23.0 Å². The average molecular weight is 539 g/mol. The Labute approximate surface area is 228 Å². The summed E-state index contributed by atoms with van der Waals surface area (Å²) in [5.74, 6) is -0.149. The van der Waals surface area contributed by atoms with E-state index in [1.165, 1.54) is 24.3 Å². The van der Waals surface area contributed by atoms with Gasteiger partial charge in [0.2, 0.25) is 0 Å². The van der Waals surface area contributed by atoms with Gasteiger partial charge in [0, 0.05) is 16.8 Å². The Bertz CT molecular complexity index is 1570. The molecule has 4 aromatic carbocycles. The van der Waals surface area contributed by atoms with Crippen LogP contribution in [0, 0.1) is 0 Å². The van der Waals surface area contributed by atoms with E-state index in [9.17, 15) is 24.6 Å². The third-order valence-corrected chi connectivity index (χ3v) is 6.76. The molecule has 0 bridgehead atoms. The monoisotopic (exact) mass is 538 g/mol. The second-order valence-corrected chi connectivity index (χ2v) is 9.57. The molecule has 4 aromatic rings. The van der Waals surface area contributed by atoms with E-state index in [1.807, 2.05) is 30.3 Å². The molecule has 0 spiro atoms. The van der Waals surface area contributed by atoms with Gasteiger partial charge in [0.25, 0.3) is 17.1 Å². The van der Waals surface area contributed by atoms with Gasteiger partial charge in [-0.1, -0.05) is 42.5 Å². The average Bonchev–Trinajstić information content (AvgIpc) is 3.20. The largest absolute Gasteiger partial charge is 0.504 e. The fourth-order valence-corrected chi connectivity index (χ4v) is 4.65. The van der Waals surface area contributed by atoms with E-state index in [-0.39, 0.29) is 34.4 Å². The van der Waals surface area contributed by atoms with Crippen LogP contribution in [0.4, 0.5) is 10.5 Å². The molecule has 3 N–H and O–H groups in total. The van der Waals surface area contributed by atoms with E-state index in [2.05, 4.69) is 5.32 Å². The maximum absolute atomic E-state index is 12.8. The summed E-state index contributed by atoms with van der Waals surface area (Å²) >= 11 is 0.761. The van der Waals surface area contributed by atoms with E-state index >= 15 is 0 Å². The van der Waals surface area contributed by atoms with Crippen molar-refractivity contribution in [1.82, 2.24) is 4.90 Å². The molecule has 3 amide bonds. The number of amides is 3. The lowest BCUT2D eigenvalue weighted by Gasteiger charge is -2.13. The Balaban J connectivity index is 1.20. The molecule has 5 rings (SSSR count). The van der Waals surface area contributed by atoms with Crippen LogP contribution in [-0.4, -0.2) is 32.2 Å². The number of benzene rings is 4. The summed E-state index contributed by atoms with van der Waals surface area (Å²) in [4.78, 5) is 39.2. The molecule has 0 aliphatic carbocycles. The third-order valence-electron chi connectivity index (χ3n) is 5.85. The number of thioether (sulfide) groups is 1. The lowest BCUT2D eigenvalue weighted by Crippen LogP contribution is -2.27. The number of aromatic hydroxyl groups is 2. The molecule has 0 atom stereocenters. The minimum atomic E-state index is -0.496. The molecular formula is C30H22N2O6S. The second kappa shape index (κ2) is 11.2. The molecule has 1 fully saturated rings. The summed E-state index contributed by atoms with van der Waals surface area (Å²) in [6, 6.07) is 27.3. The van der Waals surface area contributed by atoms with E-state index in [1.54, 1.807) is 48.5 Å². The Hall–Kier alpha value is -5.02. The first-order chi connectivity index (χ1) is 18.9. The van der Waals surface area contributed by atoms with Gasteiger partial charge >= 0.3 is 0 Å². The molecule has 1 aliphatic rings. The second-order valence-electron chi connectivity index (χ2n) is 8.57. The summed E-state index contributed by atoms with van der Waals surface area (Å²) in [6.45, 7) is 0.0468. The fraction of sp³-hybridized carbons (Fsp3) is 0.0333. The van der Waals surface area contributed by atoms with Crippen molar-refractivity contribution in [3.63, 3.8) is 0 Å². The topological polar surface area (TPSA) is 116 Å². The number of hydrogen-bond donors (Lipinski definition) is 3. The zero-order chi connectivity index (χ0) is 27.4. The first-order valence-corrected chi connectivity index (χ1v) is 12.7. The molecule has 39 heavy (non-hydrogen) atoms. The van der Waals surface area contributed by atoms with Gasteiger partial charge < -0.3 is 20.3 Å². The quantitative estimate of drug-likeness (QED) is 0.185. The van der Waals surface area contributed by atoms with Gasteiger partial charge in [-0.3, -0.25) is 19.3 Å². The van der Waals surface area contributed by atoms with Gasteiger partial charge in [0.15, 0.2) is 11.5 Å². The number of para-hydroxylation sites is 2. The Morgan fingerprint density at radius 1 is 0.846 bits per heavy atom. The highest BCUT2D eigenvalue weighted by Gasteiger charge is 2.35. The minimum Gasteiger partial charge on any atom is -0.504 e. The van der Waals surface area contributed by atoms with Crippen molar-refractivity contribution in [3.8, 4) is 23.0 Å². The summed E-state index contributed by atoms with van der Waals surface area (Å²) < 4.78 is 5.75. The maximum Gasteiger partial charge on any atom is 0.293 e. The normalized spacial score (nSPS) is 14.1. The molecule has 194 valence electrons. The predicted molar refractivity (Wildman–Crippen MR) is 149 cm³/mol. The van der Waals surface area contributed by atoms with Gasteiger partial charge in [0.1, 0.15) is 11.5 Å². The van der Waals surface area contributed by atoms with Gasteiger partial charge in [-0.05, 0) is 78.0 Å². The number of carbonyl (C=O) groups is 3. The lowest BCUT2D eigenvalue weighted by molar-refractivity contribution is -0.123. The van der Waals surface area contributed by atoms with Crippen LogP contribution in [-0.2, 0) is 11.3 Å².